The van der Waals surface area contributed by atoms with E-state index in [1.807, 2.05) is 35.3 Å². The molecule has 0 atom stereocenters. The topological polar surface area (TPSA) is 29.5 Å². The van der Waals surface area contributed by atoms with Gasteiger partial charge in [-0.3, -0.25) is 0 Å². The van der Waals surface area contributed by atoms with Gasteiger partial charge in [-0.15, -0.1) is 23.1 Å². The Morgan fingerprint density at radius 1 is 1.32 bits per heavy atom. The molecule has 0 saturated carbocycles. The SMILES string of the molecule is Oc1cc2c(cc1CCCOc1cccs1)SCC2. The third-order valence-electron chi connectivity index (χ3n) is 3.22. The Bertz CT molecular complexity index is 550. The Labute approximate surface area is 121 Å². The second-order valence-corrected chi connectivity index (χ2v) is 6.62. The van der Waals surface area contributed by atoms with Crippen molar-refractivity contribution in [3.05, 3.63) is 40.8 Å². The minimum atomic E-state index is 0.442. The lowest BCUT2D eigenvalue weighted by atomic mass is 10.0. The van der Waals surface area contributed by atoms with Gasteiger partial charge in [0.2, 0.25) is 0 Å². The second-order valence-electron chi connectivity index (χ2n) is 4.57. The monoisotopic (exact) mass is 292 g/mol. The van der Waals surface area contributed by atoms with E-state index >= 15 is 0 Å². The van der Waals surface area contributed by atoms with Gasteiger partial charge in [0.05, 0.1) is 6.61 Å². The molecule has 1 aromatic carbocycles. The third-order valence-corrected chi connectivity index (χ3v) is 5.10. The molecule has 0 spiro atoms. The first-order valence-corrected chi connectivity index (χ1v) is 8.33. The number of aryl methyl sites for hydroxylation is 2. The van der Waals surface area contributed by atoms with Gasteiger partial charge < -0.3 is 9.84 Å². The second kappa shape index (κ2) is 5.88. The van der Waals surface area contributed by atoms with Crippen LogP contribution in [0.5, 0.6) is 10.8 Å². The highest BCUT2D eigenvalue weighted by Gasteiger charge is 2.14. The number of hydrogen-bond acceptors (Lipinski definition) is 4. The van der Waals surface area contributed by atoms with E-state index in [0.717, 1.165) is 35.6 Å². The van der Waals surface area contributed by atoms with E-state index in [0.29, 0.717) is 12.4 Å². The molecule has 0 fully saturated rings. The summed E-state index contributed by atoms with van der Waals surface area (Å²) in [5, 5.41) is 13.0. The number of hydrogen-bond donors (Lipinski definition) is 1. The van der Waals surface area contributed by atoms with Crippen molar-refractivity contribution in [1.29, 1.82) is 0 Å². The van der Waals surface area contributed by atoms with Gasteiger partial charge in [0.1, 0.15) is 5.75 Å². The summed E-state index contributed by atoms with van der Waals surface area (Å²) in [6, 6.07) is 8.05. The maximum absolute atomic E-state index is 10.0. The Kier molecular flexibility index (Phi) is 3.99. The van der Waals surface area contributed by atoms with E-state index in [9.17, 15) is 5.11 Å². The molecule has 2 heterocycles. The first-order valence-electron chi connectivity index (χ1n) is 6.47. The molecule has 100 valence electrons. The minimum absolute atomic E-state index is 0.442. The molecule has 0 bridgehead atoms. The zero-order valence-electron chi connectivity index (χ0n) is 10.6. The molecule has 0 amide bonds. The zero-order chi connectivity index (χ0) is 13.1. The van der Waals surface area contributed by atoms with Gasteiger partial charge in [-0.2, -0.15) is 0 Å². The third kappa shape index (κ3) is 3.07. The van der Waals surface area contributed by atoms with Gasteiger partial charge in [0.25, 0.3) is 0 Å². The number of phenols is 1. The van der Waals surface area contributed by atoms with Crippen LogP contribution in [0.3, 0.4) is 0 Å². The minimum Gasteiger partial charge on any atom is -0.508 e. The van der Waals surface area contributed by atoms with E-state index in [4.69, 9.17) is 4.74 Å². The maximum atomic E-state index is 10.0. The highest BCUT2D eigenvalue weighted by Crippen LogP contribution is 2.36. The van der Waals surface area contributed by atoms with Gasteiger partial charge in [-0.1, -0.05) is 0 Å². The fraction of sp³-hybridized carbons (Fsp3) is 0.333. The number of rotatable bonds is 5. The Balaban J connectivity index is 1.55. The first-order chi connectivity index (χ1) is 9.33. The standard InChI is InChI=1S/C15H16O2S2/c16-13-9-12-5-8-18-14(12)10-11(13)3-1-6-17-15-4-2-7-19-15/h2,4,7,9-10,16H,1,3,5-6,8H2. The van der Waals surface area contributed by atoms with E-state index < -0.39 is 0 Å². The van der Waals surface area contributed by atoms with Crippen LogP contribution in [0, 0.1) is 0 Å². The Morgan fingerprint density at radius 3 is 3.11 bits per heavy atom. The zero-order valence-corrected chi connectivity index (χ0v) is 12.2. The van der Waals surface area contributed by atoms with Crippen molar-refractivity contribution in [1.82, 2.24) is 0 Å². The summed E-state index contributed by atoms with van der Waals surface area (Å²) in [5.41, 5.74) is 2.34. The van der Waals surface area contributed by atoms with Crippen molar-refractivity contribution in [2.75, 3.05) is 12.4 Å². The fourth-order valence-corrected chi connectivity index (χ4v) is 3.95. The molecule has 1 N–H and O–H groups in total. The molecule has 0 aliphatic carbocycles. The van der Waals surface area contributed by atoms with Gasteiger partial charge in [-0.25, -0.2) is 0 Å². The van der Waals surface area contributed by atoms with Crippen LogP contribution >= 0.6 is 23.1 Å². The number of ether oxygens (including phenoxy) is 1. The normalized spacial score (nSPS) is 13.5. The van der Waals surface area contributed by atoms with Crippen LogP contribution < -0.4 is 4.74 Å². The smallest absolute Gasteiger partial charge is 0.173 e. The van der Waals surface area contributed by atoms with Gasteiger partial charge in [0.15, 0.2) is 5.06 Å². The number of phenolic OH excluding ortho intramolecular Hbond substituents is 1. The van der Waals surface area contributed by atoms with Crippen LogP contribution in [-0.2, 0) is 12.8 Å². The van der Waals surface area contributed by atoms with Crippen molar-refractivity contribution in [2.45, 2.75) is 24.2 Å². The molecule has 4 heteroatoms. The van der Waals surface area contributed by atoms with Crippen molar-refractivity contribution >= 4 is 23.1 Å². The van der Waals surface area contributed by atoms with E-state index in [-0.39, 0.29) is 0 Å². The molecule has 1 aliphatic heterocycles. The lowest BCUT2D eigenvalue weighted by Gasteiger charge is -2.08. The lowest BCUT2D eigenvalue weighted by Crippen LogP contribution is -1.98. The number of fused-ring (bicyclic) bond motifs is 1. The van der Waals surface area contributed by atoms with Gasteiger partial charge in [-0.05, 0) is 60.0 Å². The molecule has 0 saturated heterocycles. The first kappa shape index (κ1) is 12.9. The van der Waals surface area contributed by atoms with Crippen LogP contribution in [0.4, 0.5) is 0 Å². The highest BCUT2D eigenvalue weighted by atomic mass is 32.2. The molecule has 2 nitrogen and oxygen atoms in total. The van der Waals surface area contributed by atoms with Crippen molar-refractivity contribution in [2.24, 2.45) is 0 Å². The molecule has 3 rings (SSSR count). The molecule has 19 heavy (non-hydrogen) atoms. The summed E-state index contributed by atoms with van der Waals surface area (Å²) in [4.78, 5) is 1.34. The van der Waals surface area contributed by atoms with Crippen LogP contribution in [0.2, 0.25) is 0 Å². The van der Waals surface area contributed by atoms with Gasteiger partial charge in [0, 0.05) is 10.6 Å². The van der Waals surface area contributed by atoms with Crippen LogP contribution in [0.1, 0.15) is 17.5 Å². The van der Waals surface area contributed by atoms with Crippen LogP contribution in [0.25, 0.3) is 0 Å². The largest absolute Gasteiger partial charge is 0.508 e. The summed E-state index contributed by atoms with van der Waals surface area (Å²) >= 11 is 3.50. The van der Waals surface area contributed by atoms with Crippen molar-refractivity contribution < 1.29 is 9.84 Å². The average Bonchev–Trinajstić information content (AvgIpc) is 3.05. The Morgan fingerprint density at radius 2 is 2.26 bits per heavy atom. The average molecular weight is 292 g/mol. The molecular formula is C15H16O2S2. The number of benzene rings is 1. The van der Waals surface area contributed by atoms with Crippen LogP contribution in [-0.4, -0.2) is 17.5 Å². The molecule has 1 aromatic heterocycles. The van der Waals surface area contributed by atoms with E-state index in [2.05, 4.69) is 6.07 Å². The predicted molar refractivity (Wildman–Crippen MR) is 80.7 cm³/mol. The quantitative estimate of drug-likeness (QED) is 0.841. The fourth-order valence-electron chi connectivity index (χ4n) is 2.24. The summed E-state index contributed by atoms with van der Waals surface area (Å²) < 4.78 is 5.63. The molecule has 2 aromatic rings. The number of thiophene rings is 1. The summed E-state index contributed by atoms with van der Waals surface area (Å²) in [7, 11) is 0. The van der Waals surface area contributed by atoms with Crippen molar-refractivity contribution in [3.63, 3.8) is 0 Å². The Hall–Kier alpha value is -1.13. The molecule has 0 radical (unpaired) electrons. The number of thioether (sulfide) groups is 1. The molecule has 1 aliphatic rings. The van der Waals surface area contributed by atoms with Crippen LogP contribution in [0.15, 0.2) is 34.5 Å². The highest BCUT2D eigenvalue weighted by molar-refractivity contribution is 7.99. The van der Waals surface area contributed by atoms with E-state index in [1.165, 1.54) is 10.5 Å². The molecule has 0 unspecified atom stereocenters. The summed E-state index contributed by atoms with van der Waals surface area (Å²) in [5.74, 6) is 1.58. The van der Waals surface area contributed by atoms with Gasteiger partial charge >= 0.3 is 0 Å². The number of aromatic hydroxyl groups is 1. The summed E-state index contributed by atoms with van der Waals surface area (Å²) in [6.07, 6.45) is 2.87. The lowest BCUT2D eigenvalue weighted by molar-refractivity contribution is 0.319. The van der Waals surface area contributed by atoms with Crippen molar-refractivity contribution in [3.8, 4) is 10.8 Å². The predicted octanol–water partition coefficient (Wildman–Crippen LogP) is 4.11. The summed E-state index contributed by atoms with van der Waals surface area (Å²) in [6.45, 7) is 0.699. The van der Waals surface area contributed by atoms with E-state index in [1.54, 1.807) is 11.3 Å². The molecular weight excluding hydrogens is 276 g/mol. The maximum Gasteiger partial charge on any atom is 0.173 e.